The van der Waals surface area contributed by atoms with Crippen LogP contribution >= 0.6 is 11.3 Å². The van der Waals surface area contributed by atoms with Crippen LogP contribution in [0.5, 0.6) is 0 Å². The first kappa shape index (κ1) is 13.3. The normalized spacial score (nSPS) is 10.2. The van der Waals surface area contributed by atoms with Crippen molar-refractivity contribution in [2.75, 3.05) is 5.32 Å². The molecule has 1 aromatic carbocycles. The summed E-state index contributed by atoms with van der Waals surface area (Å²) in [6.07, 6.45) is -0.111. The first-order valence-corrected chi connectivity index (χ1v) is 6.55. The van der Waals surface area contributed by atoms with Crippen LogP contribution in [0.4, 0.5) is 5.69 Å². The molecule has 0 bridgehead atoms. The van der Waals surface area contributed by atoms with E-state index in [1.165, 1.54) is 11.3 Å². The number of benzene rings is 1. The van der Waals surface area contributed by atoms with Crippen LogP contribution in [0.1, 0.15) is 20.1 Å². The third-order valence-electron chi connectivity index (χ3n) is 2.57. The molecule has 2 aromatic rings. The van der Waals surface area contributed by atoms with E-state index in [9.17, 15) is 9.59 Å². The van der Waals surface area contributed by atoms with Gasteiger partial charge in [-0.1, -0.05) is 18.2 Å². The van der Waals surface area contributed by atoms with Gasteiger partial charge in [0.05, 0.1) is 11.3 Å². The Hall–Kier alpha value is -2.14. The summed E-state index contributed by atoms with van der Waals surface area (Å²) in [5.74, 6) is -1.13. The Morgan fingerprint density at radius 2 is 1.95 bits per heavy atom. The van der Waals surface area contributed by atoms with E-state index in [0.717, 1.165) is 4.88 Å². The number of rotatable bonds is 4. The summed E-state index contributed by atoms with van der Waals surface area (Å²) in [5, 5.41) is 11.6. The van der Waals surface area contributed by atoms with Gasteiger partial charge in [-0.3, -0.25) is 9.59 Å². The molecule has 0 aliphatic carbocycles. The van der Waals surface area contributed by atoms with Crippen molar-refractivity contribution < 1.29 is 14.7 Å². The number of hydrogen-bond donors (Lipinski definition) is 2. The highest BCUT2D eigenvalue weighted by Crippen LogP contribution is 2.20. The molecule has 0 aliphatic heterocycles. The van der Waals surface area contributed by atoms with Gasteiger partial charge in [-0.15, -0.1) is 11.3 Å². The second-order valence-electron chi connectivity index (χ2n) is 4.09. The highest BCUT2D eigenvalue weighted by Gasteiger charge is 2.12. The summed E-state index contributed by atoms with van der Waals surface area (Å²) in [6.45, 7) is 1.93. The lowest BCUT2D eigenvalue weighted by Crippen LogP contribution is -2.13. The minimum absolute atomic E-state index is 0.111. The third kappa shape index (κ3) is 3.42. The predicted molar refractivity (Wildman–Crippen MR) is 74.8 cm³/mol. The van der Waals surface area contributed by atoms with Gasteiger partial charge < -0.3 is 10.4 Å². The number of aryl methyl sites for hydroxylation is 1. The maximum Gasteiger partial charge on any atom is 0.307 e. The van der Waals surface area contributed by atoms with Crippen molar-refractivity contribution in [3.63, 3.8) is 0 Å². The average molecular weight is 275 g/mol. The molecule has 2 N–H and O–H groups in total. The fraction of sp³-hybridized carbons (Fsp3) is 0.143. The Labute approximate surface area is 114 Å². The molecule has 5 heteroatoms. The van der Waals surface area contributed by atoms with Crippen molar-refractivity contribution in [1.82, 2.24) is 0 Å². The molecule has 98 valence electrons. The summed E-state index contributed by atoms with van der Waals surface area (Å²) in [5.41, 5.74) is 1.14. The average Bonchev–Trinajstić information content (AvgIpc) is 2.78. The van der Waals surface area contributed by atoms with Gasteiger partial charge >= 0.3 is 5.97 Å². The smallest absolute Gasteiger partial charge is 0.307 e. The summed E-state index contributed by atoms with van der Waals surface area (Å²) >= 11 is 1.41. The van der Waals surface area contributed by atoms with Crippen molar-refractivity contribution in [1.29, 1.82) is 0 Å². The monoisotopic (exact) mass is 275 g/mol. The van der Waals surface area contributed by atoms with Crippen molar-refractivity contribution in [3.8, 4) is 0 Å². The van der Waals surface area contributed by atoms with Crippen LogP contribution in [0.25, 0.3) is 0 Å². The van der Waals surface area contributed by atoms with Crippen molar-refractivity contribution in [2.24, 2.45) is 0 Å². The second-order valence-corrected chi connectivity index (χ2v) is 5.38. The Kier molecular flexibility index (Phi) is 3.97. The highest BCUT2D eigenvalue weighted by atomic mass is 32.1. The van der Waals surface area contributed by atoms with E-state index < -0.39 is 5.97 Å². The van der Waals surface area contributed by atoms with E-state index in [1.54, 1.807) is 30.3 Å². The number of aliphatic carboxylic acids is 1. The summed E-state index contributed by atoms with van der Waals surface area (Å²) in [7, 11) is 0. The number of nitrogens with one attached hydrogen (secondary N) is 1. The first-order chi connectivity index (χ1) is 9.06. The minimum Gasteiger partial charge on any atom is -0.481 e. The van der Waals surface area contributed by atoms with Crippen molar-refractivity contribution >= 4 is 28.9 Å². The molecule has 0 atom stereocenters. The highest BCUT2D eigenvalue weighted by molar-refractivity contribution is 7.14. The molecule has 0 saturated heterocycles. The number of carbonyl (C=O) groups excluding carboxylic acids is 1. The number of thiophene rings is 1. The molecule has 19 heavy (non-hydrogen) atoms. The number of anilines is 1. The van der Waals surface area contributed by atoms with E-state index in [4.69, 9.17) is 5.11 Å². The van der Waals surface area contributed by atoms with Crippen LogP contribution < -0.4 is 5.32 Å². The van der Waals surface area contributed by atoms with E-state index in [2.05, 4.69) is 5.32 Å². The maximum absolute atomic E-state index is 12.0. The maximum atomic E-state index is 12.0. The molecular weight excluding hydrogens is 262 g/mol. The van der Waals surface area contributed by atoms with E-state index in [-0.39, 0.29) is 12.3 Å². The molecule has 1 aromatic heterocycles. The van der Waals surface area contributed by atoms with Crippen molar-refractivity contribution in [3.05, 3.63) is 51.7 Å². The first-order valence-electron chi connectivity index (χ1n) is 5.74. The fourth-order valence-electron chi connectivity index (χ4n) is 1.70. The Bertz CT molecular complexity index is 619. The zero-order chi connectivity index (χ0) is 13.8. The minimum atomic E-state index is -0.923. The van der Waals surface area contributed by atoms with Gasteiger partial charge in [-0.25, -0.2) is 0 Å². The van der Waals surface area contributed by atoms with Crippen LogP contribution in [-0.4, -0.2) is 17.0 Å². The van der Waals surface area contributed by atoms with Crippen LogP contribution in [-0.2, 0) is 11.2 Å². The fourth-order valence-corrected chi connectivity index (χ4v) is 2.46. The Morgan fingerprint density at radius 3 is 2.58 bits per heavy atom. The van der Waals surface area contributed by atoms with Crippen LogP contribution in [0, 0.1) is 6.92 Å². The Balaban J connectivity index is 2.19. The van der Waals surface area contributed by atoms with Gasteiger partial charge in [0.25, 0.3) is 5.91 Å². The van der Waals surface area contributed by atoms with E-state index in [0.29, 0.717) is 16.1 Å². The third-order valence-corrected chi connectivity index (χ3v) is 3.57. The lowest BCUT2D eigenvalue weighted by Gasteiger charge is -2.08. The van der Waals surface area contributed by atoms with Gasteiger partial charge in [-0.05, 0) is 30.7 Å². The molecule has 0 spiro atoms. The topological polar surface area (TPSA) is 66.4 Å². The van der Waals surface area contributed by atoms with Crippen molar-refractivity contribution in [2.45, 2.75) is 13.3 Å². The predicted octanol–water partition coefficient (Wildman–Crippen LogP) is 2.94. The van der Waals surface area contributed by atoms with Gasteiger partial charge in [0.15, 0.2) is 0 Å². The molecule has 1 heterocycles. The molecule has 0 radical (unpaired) electrons. The molecule has 1 amide bonds. The largest absolute Gasteiger partial charge is 0.481 e. The summed E-state index contributed by atoms with van der Waals surface area (Å²) < 4.78 is 0. The molecule has 0 fully saturated rings. The van der Waals surface area contributed by atoms with Gasteiger partial charge in [0.1, 0.15) is 0 Å². The second kappa shape index (κ2) is 5.67. The molecule has 0 unspecified atom stereocenters. The van der Waals surface area contributed by atoms with Gasteiger partial charge in [0, 0.05) is 10.6 Å². The molecule has 0 saturated carbocycles. The Morgan fingerprint density at radius 1 is 1.21 bits per heavy atom. The number of hydrogen-bond acceptors (Lipinski definition) is 3. The zero-order valence-corrected chi connectivity index (χ0v) is 11.2. The van der Waals surface area contributed by atoms with E-state index >= 15 is 0 Å². The number of carbonyl (C=O) groups is 2. The summed E-state index contributed by atoms with van der Waals surface area (Å²) in [6, 6.07) is 10.6. The summed E-state index contributed by atoms with van der Waals surface area (Å²) in [4.78, 5) is 24.5. The van der Waals surface area contributed by atoms with Gasteiger partial charge in [0.2, 0.25) is 0 Å². The number of carboxylic acid groups (broad SMARTS) is 1. The molecule has 4 nitrogen and oxygen atoms in total. The van der Waals surface area contributed by atoms with E-state index in [1.807, 2.05) is 13.0 Å². The molecule has 0 aliphatic rings. The van der Waals surface area contributed by atoms with Crippen LogP contribution in [0.2, 0.25) is 0 Å². The quantitative estimate of drug-likeness (QED) is 0.901. The number of amides is 1. The molecule has 2 rings (SSSR count). The van der Waals surface area contributed by atoms with Gasteiger partial charge in [-0.2, -0.15) is 0 Å². The van der Waals surface area contributed by atoms with Crippen LogP contribution in [0.3, 0.4) is 0 Å². The number of para-hydroxylation sites is 1. The SMILES string of the molecule is Cc1ccc(C(=O)Nc2ccccc2CC(=O)O)s1. The lowest BCUT2D eigenvalue weighted by molar-refractivity contribution is -0.136. The lowest BCUT2D eigenvalue weighted by atomic mass is 10.1. The zero-order valence-electron chi connectivity index (χ0n) is 10.3. The standard InChI is InChI=1S/C14H13NO3S/c1-9-6-7-12(19-9)14(18)15-11-5-3-2-4-10(11)8-13(16)17/h2-7H,8H2,1H3,(H,15,18)(H,16,17). The number of carboxylic acids is 1. The van der Waals surface area contributed by atoms with Crippen LogP contribution in [0.15, 0.2) is 36.4 Å². The molecular formula is C14H13NO3S.